The number of piperazine rings is 1. The zero-order valence-electron chi connectivity index (χ0n) is 14.8. The molecule has 1 aliphatic rings. The lowest BCUT2D eigenvalue weighted by molar-refractivity contribution is 0.146. The molecule has 2 rings (SSSR count). The number of hydrogen-bond donors (Lipinski definition) is 1. The van der Waals surface area contributed by atoms with Crippen molar-refractivity contribution in [2.45, 2.75) is 19.9 Å². The van der Waals surface area contributed by atoms with Gasteiger partial charge in [0.1, 0.15) is 12.4 Å². The Morgan fingerprint density at radius 3 is 2.35 bits per heavy atom. The standard InChI is InChI=1S/C18H31N3O2/c1-16(2)19-8-9-20-10-12-21(13-11-20)17-4-6-18(7-5-17)23-15-14-22-3/h4-7,16,19H,8-15H2,1-3H3. The minimum absolute atomic E-state index is 0.570. The van der Waals surface area contributed by atoms with Crippen LogP contribution in [0.3, 0.4) is 0 Å². The smallest absolute Gasteiger partial charge is 0.119 e. The lowest BCUT2D eigenvalue weighted by atomic mass is 10.2. The van der Waals surface area contributed by atoms with Gasteiger partial charge in [-0.2, -0.15) is 0 Å². The van der Waals surface area contributed by atoms with Crippen molar-refractivity contribution in [3.63, 3.8) is 0 Å². The molecule has 1 N–H and O–H groups in total. The molecule has 1 aliphatic heterocycles. The third-order valence-electron chi connectivity index (χ3n) is 4.11. The summed E-state index contributed by atoms with van der Waals surface area (Å²) < 4.78 is 10.6. The first-order chi connectivity index (χ1) is 11.2. The molecule has 0 bridgehead atoms. The highest BCUT2D eigenvalue weighted by atomic mass is 16.5. The maximum absolute atomic E-state index is 5.61. The second kappa shape index (κ2) is 9.75. The molecular formula is C18H31N3O2. The Morgan fingerprint density at radius 1 is 1.04 bits per heavy atom. The third-order valence-corrected chi connectivity index (χ3v) is 4.11. The van der Waals surface area contributed by atoms with Crippen LogP contribution < -0.4 is 15.0 Å². The first-order valence-electron chi connectivity index (χ1n) is 8.61. The Balaban J connectivity index is 1.72. The molecule has 130 valence electrons. The van der Waals surface area contributed by atoms with Gasteiger partial charge in [0.2, 0.25) is 0 Å². The molecule has 0 amide bonds. The van der Waals surface area contributed by atoms with Gasteiger partial charge in [-0.3, -0.25) is 4.90 Å². The fraction of sp³-hybridized carbons (Fsp3) is 0.667. The van der Waals surface area contributed by atoms with Crippen molar-refractivity contribution in [3.8, 4) is 5.75 Å². The first-order valence-corrected chi connectivity index (χ1v) is 8.61. The van der Waals surface area contributed by atoms with E-state index in [-0.39, 0.29) is 0 Å². The molecule has 0 spiro atoms. The molecule has 1 saturated heterocycles. The molecule has 5 nitrogen and oxygen atoms in total. The van der Waals surface area contributed by atoms with E-state index >= 15 is 0 Å². The second-order valence-corrected chi connectivity index (χ2v) is 6.27. The van der Waals surface area contributed by atoms with Gasteiger partial charge in [-0.25, -0.2) is 0 Å². The highest BCUT2D eigenvalue weighted by Gasteiger charge is 2.16. The number of anilines is 1. The average Bonchev–Trinajstić information content (AvgIpc) is 2.56. The molecule has 1 heterocycles. The molecule has 0 saturated carbocycles. The number of methoxy groups -OCH3 is 1. The molecule has 5 heteroatoms. The van der Waals surface area contributed by atoms with E-state index in [2.05, 4.69) is 41.1 Å². The van der Waals surface area contributed by atoms with Gasteiger partial charge in [-0.05, 0) is 24.3 Å². The Morgan fingerprint density at radius 2 is 1.74 bits per heavy atom. The van der Waals surface area contributed by atoms with Gasteiger partial charge in [0, 0.05) is 58.1 Å². The Bertz CT molecular complexity index is 428. The van der Waals surface area contributed by atoms with Crippen LogP contribution in [-0.4, -0.2) is 70.5 Å². The molecule has 0 radical (unpaired) electrons. The van der Waals surface area contributed by atoms with Crippen LogP contribution in [0.5, 0.6) is 5.75 Å². The van der Waals surface area contributed by atoms with E-state index in [0.29, 0.717) is 19.3 Å². The number of rotatable bonds is 9. The Hall–Kier alpha value is -1.30. The number of benzene rings is 1. The van der Waals surface area contributed by atoms with Gasteiger partial charge >= 0.3 is 0 Å². The molecule has 1 aromatic rings. The highest BCUT2D eigenvalue weighted by Crippen LogP contribution is 2.20. The molecule has 23 heavy (non-hydrogen) atoms. The zero-order chi connectivity index (χ0) is 16.5. The first kappa shape index (κ1) is 18.0. The highest BCUT2D eigenvalue weighted by molar-refractivity contribution is 5.49. The number of nitrogens with zero attached hydrogens (tertiary/aromatic N) is 2. The minimum atomic E-state index is 0.570. The molecule has 1 fully saturated rings. The summed E-state index contributed by atoms with van der Waals surface area (Å²) in [6.45, 7) is 12.3. The van der Waals surface area contributed by atoms with E-state index in [1.165, 1.54) is 5.69 Å². The maximum atomic E-state index is 5.61. The van der Waals surface area contributed by atoms with Gasteiger partial charge in [-0.1, -0.05) is 13.8 Å². The van der Waals surface area contributed by atoms with E-state index in [4.69, 9.17) is 9.47 Å². The van der Waals surface area contributed by atoms with Crippen molar-refractivity contribution in [2.75, 3.05) is 64.5 Å². The van der Waals surface area contributed by atoms with Gasteiger partial charge in [0.25, 0.3) is 0 Å². The van der Waals surface area contributed by atoms with Crippen LogP contribution in [0.2, 0.25) is 0 Å². The summed E-state index contributed by atoms with van der Waals surface area (Å²) in [5.74, 6) is 0.907. The molecule has 0 aromatic heterocycles. The minimum Gasteiger partial charge on any atom is -0.491 e. The van der Waals surface area contributed by atoms with Crippen LogP contribution in [0, 0.1) is 0 Å². The largest absolute Gasteiger partial charge is 0.491 e. The van der Waals surface area contributed by atoms with Gasteiger partial charge in [0.05, 0.1) is 6.61 Å². The van der Waals surface area contributed by atoms with Crippen LogP contribution in [-0.2, 0) is 4.74 Å². The van der Waals surface area contributed by atoms with E-state index in [9.17, 15) is 0 Å². The topological polar surface area (TPSA) is 37.0 Å². The fourth-order valence-corrected chi connectivity index (χ4v) is 2.74. The van der Waals surface area contributed by atoms with Crippen molar-refractivity contribution < 1.29 is 9.47 Å². The van der Waals surface area contributed by atoms with Crippen molar-refractivity contribution in [2.24, 2.45) is 0 Å². The van der Waals surface area contributed by atoms with Crippen molar-refractivity contribution >= 4 is 5.69 Å². The van der Waals surface area contributed by atoms with Gasteiger partial charge in [-0.15, -0.1) is 0 Å². The van der Waals surface area contributed by atoms with Crippen molar-refractivity contribution in [3.05, 3.63) is 24.3 Å². The van der Waals surface area contributed by atoms with Crippen molar-refractivity contribution in [1.82, 2.24) is 10.2 Å². The summed E-state index contributed by atoms with van der Waals surface area (Å²) >= 11 is 0. The normalized spacial score (nSPS) is 16.1. The quantitative estimate of drug-likeness (QED) is 0.702. The predicted molar refractivity (Wildman–Crippen MR) is 95.6 cm³/mol. The fourth-order valence-electron chi connectivity index (χ4n) is 2.74. The summed E-state index contributed by atoms with van der Waals surface area (Å²) in [4.78, 5) is 4.99. The van der Waals surface area contributed by atoms with Crippen molar-refractivity contribution in [1.29, 1.82) is 0 Å². The summed E-state index contributed by atoms with van der Waals surface area (Å²) in [5, 5.41) is 3.48. The number of nitrogens with one attached hydrogen (secondary N) is 1. The lowest BCUT2D eigenvalue weighted by Gasteiger charge is -2.36. The van der Waals surface area contributed by atoms with E-state index in [0.717, 1.165) is 45.0 Å². The summed E-state index contributed by atoms with van der Waals surface area (Å²) in [6, 6.07) is 8.96. The number of hydrogen-bond acceptors (Lipinski definition) is 5. The molecule has 0 unspecified atom stereocenters. The van der Waals surface area contributed by atoms with E-state index in [1.807, 2.05) is 12.1 Å². The zero-order valence-corrected chi connectivity index (χ0v) is 14.8. The second-order valence-electron chi connectivity index (χ2n) is 6.27. The third kappa shape index (κ3) is 6.37. The molecule has 0 atom stereocenters. The van der Waals surface area contributed by atoms with Crippen LogP contribution in [0.1, 0.15) is 13.8 Å². The Labute approximate surface area is 140 Å². The molecule has 0 aliphatic carbocycles. The van der Waals surface area contributed by atoms with Crippen LogP contribution in [0.15, 0.2) is 24.3 Å². The van der Waals surface area contributed by atoms with Gasteiger partial charge in [0.15, 0.2) is 0 Å². The monoisotopic (exact) mass is 321 g/mol. The molecular weight excluding hydrogens is 290 g/mol. The van der Waals surface area contributed by atoms with Crippen LogP contribution in [0.25, 0.3) is 0 Å². The summed E-state index contributed by atoms with van der Waals surface area (Å²) in [5.41, 5.74) is 1.28. The van der Waals surface area contributed by atoms with Crippen LogP contribution >= 0.6 is 0 Å². The summed E-state index contributed by atoms with van der Waals surface area (Å²) in [7, 11) is 1.69. The van der Waals surface area contributed by atoms with Gasteiger partial charge < -0.3 is 19.7 Å². The molecule has 1 aromatic carbocycles. The predicted octanol–water partition coefficient (Wildman–Crippen LogP) is 1.83. The number of ether oxygens (including phenoxy) is 2. The summed E-state index contributed by atoms with van der Waals surface area (Å²) in [6.07, 6.45) is 0. The lowest BCUT2D eigenvalue weighted by Crippen LogP contribution is -2.48. The van der Waals surface area contributed by atoms with Crippen LogP contribution in [0.4, 0.5) is 5.69 Å². The SMILES string of the molecule is COCCOc1ccc(N2CCN(CCNC(C)C)CC2)cc1. The maximum Gasteiger partial charge on any atom is 0.119 e. The average molecular weight is 321 g/mol. The Kier molecular flexibility index (Phi) is 7.65. The van der Waals surface area contributed by atoms with E-state index < -0.39 is 0 Å². The van der Waals surface area contributed by atoms with E-state index in [1.54, 1.807) is 7.11 Å².